The molecule has 136 valence electrons. The van der Waals surface area contributed by atoms with Gasteiger partial charge >= 0.3 is 5.97 Å². The molecule has 0 spiro atoms. The predicted octanol–water partition coefficient (Wildman–Crippen LogP) is 0.665. The zero-order valence-electron chi connectivity index (χ0n) is 14.0. The molecule has 10 heteroatoms. The summed E-state index contributed by atoms with van der Waals surface area (Å²) in [7, 11) is 1.26. The molecule has 0 saturated carbocycles. The van der Waals surface area contributed by atoms with Crippen LogP contribution in [0, 0.1) is 0 Å². The molecular formula is C15H21N5O4S. The van der Waals surface area contributed by atoms with E-state index in [0.29, 0.717) is 18.0 Å². The Balaban J connectivity index is 2.02. The van der Waals surface area contributed by atoms with Gasteiger partial charge in [-0.25, -0.2) is 14.8 Å². The third-order valence-corrected chi connectivity index (χ3v) is 4.12. The zero-order chi connectivity index (χ0) is 18.2. The second kappa shape index (κ2) is 9.23. The molecule has 0 aliphatic carbocycles. The number of thioether (sulfide) groups is 1. The van der Waals surface area contributed by atoms with E-state index in [1.165, 1.54) is 19.7 Å². The topological polar surface area (TPSA) is 136 Å². The molecule has 0 radical (unpaired) electrons. The number of methoxy groups -OCH3 is 1. The highest BCUT2D eigenvalue weighted by Crippen LogP contribution is 2.15. The lowest BCUT2D eigenvalue weighted by molar-refractivity contribution is -0.142. The lowest BCUT2D eigenvalue weighted by atomic mass is 10.1. The van der Waals surface area contributed by atoms with E-state index in [1.54, 1.807) is 18.0 Å². The first kappa shape index (κ1) is 19.0. The number of oxazole rings is 1. The molecule has 9 nitrogen and oxygen atoms in total. The summed E-state index contributed by atoms with van der Waals surface area (Å²) in [6, 6.07) is -1.25. The van der Waals surface area contributed by atoms with Crippen LogP contribution in [0.15, 0.2) is 23.2 Å². The molecule has 0 saturated heterocycles. The van der Waals surface area contributed by atoms with Gasteiger partial charge < -0.3 is 25.2 Å². The fourth-order valence-electron chi connectivity index (χ4n) is 2.11. The summed E-state index contributed by atoms with van der Waals surface area (Å²) >= 11 is 1.67. The molecule has 0 fully saturated rings. The number of hydrogen-bond acceptors (Lipinski definition) is 8. The van der Waals surface area contributed by atoms with Gasteiger partial charge in [-0.3, -0.25) is 4.79 Å². The summed E-state index contributed by atoms with van der Waals surface area (Å²) in [6.45, 7) is 0. The Labute approximate surface area is 149 Å². The van der Waals surface area contributed by atoms with Crippen LogP contribution in [0.4, 0.5) is 0 Å². The summed E-state index contributed by atoms with van der Waals surface area (Å²) < 4.78 is 10.0. The number of H-pyrrole nitrogens is 1. The number of nitrogens with one attached hydrogen (secondary N) is 2. The smallest absolute Gasteiger partial charge is 0.328 e. The SMILES string of the molecule is COC(=O)C(Cc1cnc[nH]1)NC(=O)c1coc(C(N)CCSC)n1. The van der Waals surface area contributed by atoms with E-state index in [-0.39, 0.29) is 18.2 Å². The van der Waals surface area contributed by atoms with Crippen LogP contribution in [-0.2, 0) is 16.0 Å². The first-order chi connectivity index (χ1) is 12.0. The average molecular weight is 367 g/mol. The summed E-state index contributed by atoms with van der Waals surface area (Å²) in [4.78, 5) is 35.1. The molecule has 2 heterocycles. The highest BCUT2D eigenvalue weighted by molar-refractivity contribution is 7.98. The van der Waals surface area contributed by atoms with Crippen molar-refractivity contribution in [2.75, 3.05) is 19.1 Å². The van der Waals surface area contributed by atoms with Gasteiger partial charge in [0.2, 0.25) is 5.89 Å². The molecule has 0 aliphatic rings. The molecule has 2 rings (SSSR count). The number of nitrogens with two attached hydrogens (primary N) is 1. The van der Waals surface area contributed by atoms with Crippen LogP contribution in [0.2, 0.25) is 0 Å². The minimum absolute atomic E-state index is 0.0631. The molecule has 2 aromatic rings. The molecule has 0 aromatic carbocycles. The monoisotopic (exact) mass is 367 g/mol. The van der Waals surface area contributed by atoms with Crippen molar-refractivity contribution in [3.05, 3.63) is 36.1 Å². The van der Waals surface area contributed by atoms with E-state index >= 15 is 0 Å². The maximum absolute atomic E-state index is 12.3. The van der Waals surface area contributed by atoms with Gasteiger partial charge in [-0.15, -0.1) is 0 Å². The number of carbonyl (C=O) groups excluding carboxylic acids is 2. The summed E-state index contributed by atoms with van der Waals surface area (Å²) in [5.74, 6) is 0.0485. The molecule has 2 atom stereocenters. The fraction of sp³-hybridized carbons (Fsp3) is 0.467. The van der Waals surface area contributed by atoms with Gasteiger partial charge in [0.1, 0.15) is 12.3 Å². The molecule has 4 N–H and O–H groups in total. The molecular weight excluding hydrogens is 346 g/mol. The number of imidazole rings is 1. The van der Waals surface area contributed by atoms with Crippen LogP contribution in [0.1, 0.15) is 34.5 Å². The van der Waals surface area contributed by atoms with E-state index < -0.39 is 17.9 Å². The van der Waals surface area contributed by atoms with Gasteiger partial charge in [0.05, 0.1) is 19.5 Å². The average Bonchev–Trinajstić information content (AvgIpc) is 3.29. The summed E-state index contributed by atoms with van der Waals surface area (Å²) in [6.07, 6.45) is 7.18. The minimum Gasteiger partial charge on any atom is -0.467 e. The van der Waals surface area contributed by atoms with Crippen LogP contribution >= 0.6 is 11.8 Å². The highest BCUT2D eigenvalue weighted by Gasteiger charge is 2.25. The van der Waals surface area contributed by atoms with Crippen molar-refractivity contribution in [2.24, 2.45) is 5.73 Å². The zero-order valence-corrected chi connectivity index (χ0v) is 14.8. The van der Waals surface area contributed by atoms with Gasteiger partial charge in [-0.1, -0.05) is 0 Å². The van der Waals surface area contributed by atoms with Crippen LogP contribution in [0.5, 0.6) is 0 Å². The van der Waals surface area contributed by atoms with E-state index in [0.717, 1.165) is 5.75 Å². The largest absolute Gasteiger partial charge is 0.467 e. The number of ether oxygens (including phenoxy) is 1. The Hall–Kier alpha value is -2.33. The second-order valence-electron chi connectivity index (χ2n) is 5.29. The van der Waals surface area contributed by atoms with Crippen LogP contribution in [0.25, 0.3) is 0 Å². The predicted molar refractivity (Wildman–Crippen MR) is 92.0 cm³/mol. The number of aromatic amines is 1. The van der Waals surface area contributed by atoms with E-state index in [4.69, 9.17) is 14.9 Å². The van der Waals surface area contributed by atoms with Gasteiger partial charge in [0, 0.05) is 18.3 Å². The number of amides is 1. The summed E-state index contributed by atoms with van der Waals surface area (Å²) in [5, 5.41) is 2.59. The lowest BCUT2D eigenvalue weighted by Gasteiger charge is -2.14. The molecule has 25 heavy (non-hydrogen) atoms. The number of hydrogen-bond donors (Lipinski definition) is 3. The summed E-state index contributed by atoms with van der Waals surface area (Å²) in [5.41, 5.74) is 6.72. The first-order valence-electron chi connectivity index (χ1n) is 7.61. The van der Waals surface area contributed by atoms with E-state index in [2.05, 4.69) is 20.3 Å². The quantitative estimate of drug-likeness (QED) is 0.550. The maximum atomic E-state index is 12.3. The van der Waals surface area contributed by atoms with Crippen molar-refractivity contribution in [2.45, 2.75) is 24.9 Å². The third-order valence-electron chi connectivity index (χ3n) is 3.47. The lowest BCUT2D eigenvalue weighted by Crippen LogP contribution is -2.43. The standard InChI is InChI=1S/C15H21N5O4S/c1-23-15(22)11(5-9-6-17-8-18-9)19-13(21)12-7-24-14(20-12)10(16)3-4-25-2/h6-8,10-11H,3-5,16H2,1-2H3,(H,17,18)(H,19,21). The van der Waals surface area contributed by atoms with Crippen molar-refractivity contribution in [1.82, 2.24) is 20.3 Å². The van der Waals surface area contributed by atoms with Crippen molar-refractivity contribution >= 4 is 23.6 Å². The van der Waals surface area contributed by atoms with Crippen LogP contribution in [0.3, 0.4) is 0 Å². The Morgan fingerprint density at radius 2 is 2.32 bits per heavy atom. The number of rotatable bonds is 9. The number of aromatic nitrogens is 3. The van der Waals surface area contributed by atoms with Crippen molar-refractivity contribution in [1.29, 1.82) is 0 Å². The van der Waals surface area contributed by atoms with Gasteiger partial charge in [-0.05, 0) is 18.4 Å². The van der Waals surface area contributed by atoms with Crippen molar-refractivity contribution < 1.29 is 18.7 Å². The Morgan fingerprint density at radius 1 is 1.52 bits per heavy atom. The molecule has 2 aromatic heterocycles. The second-order valence-corrected chi connectivity index (χ2v) is 6.27. The Kier molecular flexibility index (Phi) is 7.02. The minimum atomic E-state index is -0.872. The number of esters is 1. The maximum Gasteiger partial charge on any atom is 0.328 e. The number of carbonyl (C=O) groups is 2. The molecule has 0 aliphatic heterocycles. The molecule has 0 bridgehead atoms. The Morgan fingerprint density at radius 3 is 2.96 bits per heavy atom. The molecule has 1 amide bonds. The fourth-order valence-corrected chi connectivity index (χ4v) is 2.60. The first-order valence-corrected chi connectivity index (χ1v) is 9.00. The number of nitrogens with zero attached hydrogens (tertiary/aromatic N) is 2. The normalized spacial score (nSPS) is 13.2. The van der Waals surface area contributed by atoms with Gasteiger partial charge in [0.15, 0.2) is 5.69 Å². The van der Waals surface area contributed by atoms with E-state index in [9.17, 15) is 9.59 Å². The van der Waals surface area contributed by atoms with Gasteiger partial charge in [-0.2, -0.15) is 11.8 Å². The van der Waals surface area contributed by atoms with E-state index in [1.807, 2.05) is 6.26 Å². The van der Waals surface area contributed by atoms with Crippen LogP contribution in [-0.4, -0.2) is 52.0 Å². The Bertz CT molecular complexity index is 688. The van der Waals surface area contributed by atoms with Crippen LogP contribution < -0.4 is 11.1 Å². The van der Waals surface area contributed by atoms with Gasteiger partial charge in [0.25, 0.3) is 5.91 Å². The molecule has 2 unspecified atom stereocenters. The van der Waals surface area contributed by atoms with Crippen molar-refractivity contribution in [3.63, 3.8) is 0 Å². The van der Waals surface area contributed by atoms with Crippen molar-refractivity contribution in [3.8, 4) is 0 Å². The highest BCUT2D eigenvalue weighted by atomic mass is 32.2. The third kappa shape index (κ3) is 5.33.